The van der Waals surface area contributed by atoms with Crippen LogP contribution in [0.2, 0.25) is 0 Å². The summed E-state index contributed by atoms with van der Waals surface area (Å²) in [5.74, 6) is 1.03. The van der Waals surface area contributed by atoms with E-state index in [-0.39, 0.29) is 17.3 Å². The number of fused-ring (bicyclic) bond motifs is 1. The first-order valence-electron chi connectivity index (χ1n) is 8.20. The summed E-state index contributed by atoms with van der Waals surface area (Å²) in [5.41, 5.74) is 0.889. The number of sulfonamides is 1. The van der Waals surface area contributed by atoms with E-state index in [0.29, 0.717) is 19.7 Å². The van der Waals surface area contributed by atoms with Crippen molar-refractivity contribution in [2.24, 2.45) is 5.92 Å². The molecule has 3 fully saturated rings. The fourth-order valence-corrected chi connectivity index (χ4v) is 5.30. The van der Waals surface area contributed by atoms with Crippen LogP contribution in [0.25, 0.3) is 0 Å². The van der Waals surface area contributed by atoms with Crippen molar-refractivity contribution in [2.75, 3.05) is 37.7 Å². The first-order valence-corrected chi connectivity index (χ1v) is 9.70. The quantitative estimate of drug-likeness (QED) is 0.795. The van der Waals surface area contributed by atoms with E-state index in [9.17, 15) is 8.42 Å². The molecule has 1 saturated carbocycles. The predicted octanol–water partition coefficient (Wildman–Crippen LogP) is 0.414. The molecule has 3 aliphatic rings. The lowest BCUT2D eigenvalue weighted by molar-refractivity contribution is 0.0584. The molecule has 1 aromatic heterocycles. The van der Waals surface area contributed by atoms with Gasteiger partial charge in [0.05, 0.1) is 23.7 Å². The van der Waals surface area contributed by atoms with Crippen LogP contribution in [0.15, 0.2) is 12.1 Å². The van der Waals surface area contributed by atoms with Crippen molar-refractivity contribution >= 4 is 15.8 Å². The van der Waals surface area contributed by atoms with Gasteiger partial charge in [-0.05, 0) is 31.9 Å². The molecular formula is C15H22N4O3S. The minimum absolute atomic E-state index is 0.0671. The van der Waals surface area contributed by atoms with Gasteiger partial charge in [-0.15, -0.1) is 5.10 Å². The molecule has 2 atom stereocenters. The van der Waals surface area contributed by atoms with Crippen molar-refractivity contribution in [3.8, 4) is 0 Å². The van der Waals surface area contributed by atoms with Gasteiger partial charge in [0.1, 0.15) is 0 Å². The second kappa shape index (κ2) is 5.68. The average molecular weight is 338 g/mol. The van der Waals surface area contributed by atoms with E-state index >= 15 is 0 Å². The zero-order valence-electron chi connectivity index (χ0n) is 13.3. The molecule has 0 spiro atoms. The van der Waals surface area contributed by atoms with Crippen molar-refractivity contribution in [1.82, 2.24) is 14.5 Å². The van der Waals surface area contributed by atoms with Gasteiger partial charge in [-0.2, -0.15) is 9.40 Å². The van der Waals surface area contributed by atoms with Crippen LogP contribution in [-0.4, -0.2) is 67.1 Å². The highest BCUT2D eigenvalue weighted by Gasteiger charge is 2.44. The Bertz CT molecular complexity index is 674. The van der Waals surface area contributed by atoms with Gasteiger partial charge in [0.15, 0.2) is 5.82 Å². The summed E-state index contributed by atoms with van der Waals surface area (Å²) in [7, 11) is -3.13. The topological polar surface area (TPSA) is 75.6 Å². The van der Waals surface area contributed by atoms with Crippen LogP contribution < -0.4 is 4.90 Å². The summed E-state index contributed by atoms with van der Waals surface area (Å²) >= 11 is 0. The molecule has 23 heavy (non-hydrogen) atoms. The smallest absolute Gasteiger partial charge is 0.217 e. The lowest BCUT2D eigenvalue weighted by Gasteiger charge is -2.23. The molecule has 0 bridgehead atoms. The Morgan fingerprint density at radius 1 is 1.17 bits per heavy atom. The summed E-state index contributed by atoms with van der Waals surface area (Å²) in [6, 6.07) is 3.91. The number of aromatic nitrogens is 2. The van der Waals surface area contributed by atoms with Crippen LogP contribution in [0.5, 0.6) is 0 Å². The van der Waals surface area contributed by atoms with Crippen molar-refractivity contribution in [2.45, 2.75) is 31.1 Å². The van der Waals surface area contributed by atoms with Gasteiger partial charge in [-0.1, -0.05) is 0 Å². The Hall–Kier alpha value is -1.25. The van der Waals surface area contributed by atoms with Gasteiger partial charge in [0.2, 0.25) is 10.0 Å². The first-order chi connectivity index (χ1) is 11.0. The number of rotatable bonds is 3. The molecule has 1 aromatic rings. The van der Waals surface area contributed by atoms with Gasteiger partial charge < -0.3 is 9.64 Å². The molecule has 7 nitrogen and oxygen atoms in total. The number of hydrogen-bond donors (Lipinski definition) is 0. The molecule has 126 valence electrons. The first kappa shape index (κ1) is 15.3. The van der Waals surface area contributed by atoms with Gasteiger partial charge in [0.25, 0.3) is 0 Å². The van der Waals surface area contributed by atoms with Crippen LogP contribution in [0.1, 0.15) is 18.5 Å². The maximum Gasteiger partial charge on any atom is 0.217 e. The third-order valence-electron chi connectivity index (χ3n) is 4.91. The number of aryl methyl sites for hydroxylation is 1. The molecule has 4 rings (SSSR count). The SMILES string of the molecule is Cc1ccc(N2C[C@@H]3CN(S(=O)(=O)C4CC4)CCO[C@@H]3C2)nn1. The van der Waals surface area contributed by atoms with Gasteiger partial charge in [-0.25, -0.2) is 8.42 Å². The van der Waals surface area contributed by atoms with Gasteiger partial charge >= 0.3 is 0 Å². The van der Waals surface area contributed by atoms with E-state index < -0.39 is 10.0 Å². The van der Waals surface area contributed by atoms with E-state index in [2.05, 4.69) is 15.1 Å². The zero-order valence-corrected chi connectivity index (χ0v) is 14.1. The highest BCUT2D eigenvalue weighted by atomic mass is 32.2. The Morgan fingerprint density at radius 2 is 2.00 bits per heavy atom. The Kier molecular flexibility index (Phi) is 3.78. The van der Waals surface area contributed by atoms with Crippen LogP contribution >= 0.6 is 0 Å². The molecule has 0 amide bonds. The summed E-state index contributed by atoms with van der Waals surface area (Å²) in [6.45, 7) is 4.93. The highest BCUT2D eigenvalue weighted by molar-refractivity contribution is 7.90. The Labute approximate surface area is 136 Å². The Morgan fingerprint density at radius 3 is 2.70 bits per heavy atom. The lowest BCUT2D eigenvalue weighted by atomic mass is 10.1. The fraction of sp³-hybridized carbons (Fsp3) is 0.733. The normalized spacial score (nSPS) is 29.3. The number of ether oxygens (including phenoxy) is 1. The summed E-state index contributed by atoms with van der Waals surface area (Å²) < 4.78 is 32.6. The highest BCUT2D eigenvalue weighted by Crippen LogP contribution is 2.34. The third kappa shape index (κ3) is 2.95. The van der Waals surface area contributed by atoms with E-state index in [1.165, 1.54) is 0 Å². The summed E-state index contributed by atoms with van der Waals surface area (Å²) in [6.07, 6.45) is 1.68. The standard InChI is InChI=1S/C15H22N4O3S/c1-11-2-5-15(17-16-11)18-8-12-9-19(6-7-22-14(12)10-18)23(20,21)13-3-4-13/h2,5,12-14H,3-4,6-10H2,1H3/t12-,14-/m1/s1. The summed E-state index contributed by atoms with van der Waals surface area (Å²) in [5, 5.41) is 8.19. The van der Waals surface area contributed by atoms with Gasteiger partial charge in [0, 0.05) is 32.1 Å². The molecule has 0 radical (unpaired) electrons. The van der Waals surface area contributed by atoms with Crippen LogP contribution in [-0.2, 0) is 14.8 Å². The maximum atomic E-state index is 12.5. The zero-order chi connectivity index (χ0) is 16.0. The molecule has 0 unspecified atom stereocenters. The number of nitrogens with zero attached hydrogens (tertiary/aromatic N) is 4. The molecular weight excluding hydrogens is 316 g/mol. The number of hydrogen-bond acceptors (Lipinski definition) is 6. The Balaban J connectivity index is 1.49. The molecule has 3 heterocycles. The van der Waals surface area contributed by atoms with E-state index in [1.807, 2.05) is 19.1 Å². The minimum atomic E-state index is -3.13. The second-order valence-electron chi connectivity index (χ2n) is 6.71. The fourth-order valence-electron chi connectivity index (χ4n) is 3.42. The predicted molar refractivity (Wildman–Crippen MR) is 85.7 cm³/mol. The second-order valence-corrected chi connectivity index (χ2v) is 8.92. The van der Waals surface area contributed by atoms with E-state index in [0.717, 1.165) is 37.4 Å². The number of anilines is 1. The van der Waals surface area contributed by atoms with E-state index in [4.69, 9.17) is 4.74 Å². The molecule has 2 saturated heterocycles. The van der Waals surface area contributed by atoms with Crippen molar-refractivity contribution in [3.63, 3.8) is 0 Å². The van der Waals surface area contributed by atoms with Crippen molar-refractivity contribution in [3.05, 3.63) is 17.8 Å². The largest absolute Gasteiger partial charge is 0.375 e. The molecule has 2 aliphatic heterocycles. The van der Waals surface area contributed by atoms with Crippen LogP contribution in [0, 0.1) is 12.8 Å². The monoisotopic (exact) mass is 338 g/mol. The molecule has 8 heteroatoms. The summed E-state index contributed by atoms with van der Waals surface area (Å²) in [4.78, 5) is 2.15. The minimum Gasteiger partial charge on any atom is -0.375 e. The molecule has 1 aliphatic carbocycles. The van der Waals surface area contributed by atoms with Crippen LogP contribution in [0.3, 0.4) is 0 Å². The average Bonchev–Trinajstić information content (AvgIpc) is 3.33. The van der Waals surface area contributed by atoms with Crippen molar-refractivity contribution < 1.29 is 13.2 Å². The molecule has 0 aromatic carbocycles. The lowest BCUT2D eigenvalue weighted by Crippen LogP contribution is -2.39. The van der Waals surface area contributed by atoms with Gasteiger partial charge in [-0.3, -0.25) is 0 Å². The van der Waals surface area contributed by atoms with Crippen LogP contribution in [0.4, 0.5) is 5.82 Å². The molecule has 0 N–H and O–H groups in total. The van der Waals surface area contributed by atoms with Crippen molar-refractivity contribution in [1.29, 1.82) is 0 Å². The van der Waals surface area contributed by atoms with E-state index in [1.54, 1.807) is 4.31 Å². The third-order valence-corrected chi connectivity index (χ3v) is 7.27. The maximum absolute atomic E-state index is 12.5.